The van der Waals surface area contributed by atoms with Crippen molar-refractivity contribution < 1.29 is 32.1 Å². The first-order valence-electron chi connectivity index (χ1n) is 8.43. The van der Waals surface area contributed by atoms with Crippen LogP contribution in [0.4, 0.5) is 28.9 Å². The third-order valence-corrected chi connectivity index (χ3v) is 4.21. The molecule has 1 unspecified atom stereocenters. The highest BCUT2D eigenvalue weighted by molar-refractivity contribution is 5.95. The maximum absolute atomic E-state index is 13.6. The Hall–Kier alpha value is -2.94. The predicted molar refractivity (Wildman–Crippen MR) is 96.3 cm³/mol. The number of nitrogens with one attached hydrogen (secondary N) is 3. The summed E-state index contributed by atoms with van der Waals surface area (Å²) in [6.45, 7) is 1.28. The molecule has 0 fully saturated rings. The standard InChI is InChI=1S/C19H19F4N3O2/c1-12(18(28)25-16-10-6-4-8-14(16)20)26(2)11-17(27)24-15-9-5-3-7-13(15)19(21,22)23/h3-10,12H,11H2,1-2H3,(H,24,27)(H,25,28)/p+1/t12-/m0/s1. The molecule has 28 heavy (non-hydrogen) atoms. The molecule has 5 nitrogen and oxygen atoms in total. The minimum atomic E-state index is -4.60. The lowest BCUT2D eigenvalue weighted by Crippen LogP contribution is -3.14. The molecule has 3 N–H and O–H groups in total. The van der Waals surface area contributed by atoms with Gasteiger partial charge in [-0.2, -0.15) is 13.2 Å². The molecule has 0 aromatic heterocycles. The molecular formula is C19H20F4N3O2+. The molecule has 0 heterocycles. The van der Waals surface area contributed by atoms with Gasteiger partial charge in [0.1, 0.15) is 5.82 Å². The summed E-state index contributed by atoms with van der Waals surface area (Å²) < 4.78 is 52.6. The summed E-state index contributed by atoms with van der Waals surface area (Å²) in [5.41, 5.74) is -1.29. The van der Waals surface area contributed by atoms with Crippen LogP contribution in [-0.2, 0) is 15.8 Å². The molecular weight excluding hydrogens is 378 g/mol. The van der Waals surface area contributed by atoms with Crippen molar-refractivity contribution in [2.24, 2.45) is 0 Å². The van der Waals surface area contributed by atoms with Crippen molar-refractivity contribution in [3.8, 4) is 0 Å². The lowest BCUT2D eigenvalue weighted by Gasteiger charge is -2.21. The number of likely N-dealkylation sites (N-methyl/N-ethyl adjacent to an activating group) is 1. The number of carbonyl (C=O) groups excluding carboxylic acids is 2. The fourth-order valence-electron chi connectivity index (χ4n) is 2.47. The quantitative estimate of drug-likeness (QED) is 0.654. The fraction of sp³-hybridized carbons (Fsp3) is 0.263. The normalized spacial score (nSPS) is 13.5. The van der Waals surface area contributed by atoms with E-state index in [-0.39, 0.29) is 17.9 Å². The summed E-state index contributed by atoms with van der Waals surface area (Å²) in [7, 11) is 1.54. The van der Waals surface area contributed by atoms with Gasteiger partial charge in [0.2, 0.25) is 0 Å². The molecule has 2 amide bonds. The van der Waals surface area contributed by atoms with Gasteiger partial charge in [0.05, 0.1) is 24.0 Å². The number of benzene rings is 2. The second-order valence-electron chi connectivity index (χ2n) is 6.31. The second kappa shape index (κ2) is 8.83. The summed E-state index contributed by atoms with van der Waals surface area (Å²) in [5.74, 6) is -1.80. The predicted octanol–water partition coefficient (Wildman–Crippen LogP) is 2.32. The number of hydrogen-bond donors (Lipinski definition) is 3. The molecule has 0 radical (unpaired) electrons. The molecule has 2 aromatic carbocycles. The Bertz CT molecular complexity index is 855. The molecule has 0 aliphatic carbocycles. The number of anilines is 2. The van der Waals surface area contributed by atoms with Crippen molar-refractivity contribution in [1.82, 2.24) is 0 Å². The van der Waals surface area contributed by atoms with Gasteiger partial charge in [-0.3, -0.25) is 9.59 Å². The zero-order valence-electron chi connectivity index (χ0n) is 15.2. The third-order valence-electron chi connectivity index (χ3n) is 4.21. The Morgan fingerprint density at radius 1 is 1.00 bits per heavy atom. The molecule has 9 heteroatoms. The van der Waals surface area contributed by atoms with E-state index >= 15 is 0 Å². The molecule has 2 aromatic rings. The van der Waals surface area contributed by atoms with Crippen molar-refractivity contribution >= 4 is 23.2 Å². The number of carbonyl (C=O) groups is 2. The van der Waals surface area contributed by atoms with E-state index in [1.54, 1.807) is 13.1 Å². The van der Waals surface area contributed by atoms with Gasteiger partial charge in [0, 0.05) is 0 Å². The Labute approximate surface area is 159 Å². The van der Waals surface area contributed by atoms with Gasteiger partial charge in [-0.1, -0.05) is 24.3 Å². The van der Waals surface area contributed by atoms with Gasteiger partial charge in [-0.25, -0.2) is 4.39 Å². The summed E-state index contributed by atoms with van der Waals surface area (Å²) in [5, 5.41) is 4.66. The second-order valence-corrected chi connectivity index (χ2v) is 6.31. The molecule has 0 spiro atoms. The zero-order chi connectivity index (χ0) is 20.9. The summed E-state index contributed by atoms with van der Waals surface area (Å²) in [6, 6.07) is 9.53. The first-order valence-corrected chi connectivity index (χ1v) is 8.43. The molecule has 150 valence electrons. The Kier molecular flexibility index (Phi) is 6.74. The van der Waals surface area contributed by atoms with Gasteiger partial charge < -0.3 is 15.5 Å². The number of hydrogen-bond acceptors (Lipinski definition) is 2. The van der Waals surface area contributed by atoms with Crippen molar-refractivity contribution in [3.63, 3.8) is 0 Å². The van der Waals surface area contributed by atoms with Crippen LogP contribution >= 0.6 is 0 Å². The van der Waals surface area contributed by atoms with E-state index in [9.17, 15) is 27.2 Å². The largest absolute Gasteiger partial charge is 0.418 e. The maximum Gasteiger partial charge on any atom is 0.418 e. The van der Waals surface area contributed by atoms with Crippen LogP contribution in [0.3, 0.4) is 0 Å². The highest BCUT2D eigenvalue weighted by Gasteiger charge is 2.34. The SMILES string of the molecule is C[C@@H](C(=O)Nc1ccccc1F)[NH+](C)CC(=O)Nc1ccccc1C(F)(F)F. The van der Waals surface area contributed by atoms with E-state index in [0.717, 1.165) is 12.1 Å². The molecule has 2 atom stereocenters. The van der Waals surface area contributed by atoms with E-state index in [1.165, 1.54) is 37.3 Å². The fourth-order valence-corrected chi connectivity index (χ4v) is 2.47. The summed E-state index contributed by atoms with van der Waals surface area (Å²) in [6.07, 6.45) is -4.60. The monoisotopic (exact) mass is 398 g/mol. The van der Waals surface area contributed by atoms with Gasteiger partial charge >= 0.3 is 6.18 Å². The van der Waals surface area contributed by atoms with Crippen LogP contribution < -0.4 is 15.5 Å². The van der Waals surface area contributed by atoms with Crippen molar-refractivity contribution in [3.05, 3.63) is 59.9 Å². The van der Waals surface area contributed by atoms with E-state index < -0.39 is 35.4 Å². The lowest BCUT2D eigenvalue weighted by atomic mass is 10.1. The van der Waals surface area contributed by atoms with Gasteiger partial charge in [0.15, 0.2) is 12.6 Å². The first-order chi connectivity index (χ1) is 13.1. The zero-order valence-corrected chi connectivity index (χ0v) is 15.2. The van der Waals surface area contributed by atoms with Crippen LogP contribution in [-0.4, -0.2) is 31.4 Å². The molecule has 0 bridgehead atoms. The topological polar surface area (TPSA) is 62.6 Å². The molecule has 0 aliphatic heterocycles. The maximum atomic E-state index is 13.6. The van der Waals surface area contributed by atoms with Gasteiger partial charge in [-0.15, -0.1) is 0 Å². The van der Waals surface area contributed by atoms with Crippen LogP contribution in [0.1, 0.15) is 12.5 Å². The van der Waals surface area contributed by atoms with E-state index in [2.05, 4.69) is 10.6 Å². The van der Waals surface area contributed by atoms with E-state index in [4.69, 9.17) is 0 Å². The average molecular weight is 398 g/mol. The Morgan fingerprint density at radius 3 is 2.18 bits per heavy atom. The van der Waals surface area contributed by atoms with Crippen LogP contribution in [0.5, 0.6) is 0 Å². The van der Waals surface area contributed by atoms with Crippen molar-refractivity contribution in [2.45, 2.75) is 19.1 Å². The van der Waals surface area contributed by atoms with Crippen LogP contribution in [0.15, 0.2) is 48.5 Å². The van der Waals surface area contributed by atoms with Gasteiger partial charge in [-0.05, 0) is 31.2 Å². The summed E-state index contributed by atoms with van der Waals surface area (Å²) in [4.78, 5) is 24.8. The number of alkyl halides is 3. The smallest absolute Gasteiger partial charge is 0.321 e. The number of amides is 2. The highest BCUT2D eigenvalue weighted by Crippen LogP contribution is 2.34. The minimum Gasteiger partial charge on any atom is -0.321 e. The lowest BCUT2D eigenvalue weighted by molar-refractivity contribution is -0.885. The third kappa shape index (κ3) is 5.53. The minimum absolute atomic E-state index is 0.00991. The number of rotatable bonds is 6. The number of halogens is 4. The Balaban J connectivity index is 1.99. The number of quaternary nitrogens is 1. The van der Waals surface area contributed by atoms with Crippen LogP contribution in [0.2, 0.25) is 0 Å². The molecule has 0 saturated heterocycles. The van der Waals surface area contributed by atoms with Crippen molar-refractivity contribution in [2.75, 3.05) is 24.2 Å². The van der Waals surface area contributed by atoms with E-state index in [1.807, 2.05) is 0 Å². The molecule has 0 saturated carbocycles. The van der Waals surface area contributed by atoms with Crippen molar-refractivity contribution in [1.29, 1.82) is 0 Å². The Morgan fingerprint density at radius 2 is 1.57 bits per heavy atom. The average Bonchev–Trinajstić information content (AvgIpc) is 2.62. The highest BCUT2D eigenvalue weighted by atomic mass is 19.4. The molecule has 0 aliphatic rings. The summed E-state index contributed by atoms with van der Waals surface area (Å²) >= 11 is 0. The van der Waals surface area contributed by atoms with Crippen LogP contribution in [0, 0.1) is 5.82 Å². The van der Waals surface area contributed by atoms with Gasteiger partial charge in [0.25, 0.3) is 11.8 Å². The van der Waals surface area contributed by atoms with E-state index in [0.29, 0.717) is 4.90 Å². The van der Waals surface area contributed by atoms with Crippen LogP contribution in [0.25, 0.3) is 0 Å². The first kappa shape index (κ1) is 21.4. The molecule has 2 rings (SSSR count). The number of para-hydroxylation sites is 2.